The van der Waals surface area contributed by atoms with Crippen LogP contribution in [0.25, 0.3) is 0 Å². The molecule has 21 heavy (non-hydrogen) atoms. The van der Waals surface area contributed by atoms with Crippen molar-refractivity contribution in [2.75, 3.05) is 0 Å². The number of hydrogen-bond donors (Lipinski definition) is 0. The molecule has 0 spiro atoms. The van der Waals surface area contributed by atoms with Crippen LogP contribution >= 0.6 is 0 Å². The molecule has 1 heterocycles. The Morgan fingerprint density at radius 1 is 0.476 bits per heavy atom. The Morgan fingerprint density at radius 2 is 0.905 bits per heavy atom. The summed E-state index contributed by atoms with van der Waals surface area (Å²) in [5, 5.41) is 0. The van der Waals surface area contributed by atoms with Gasteiger partial charge >= 0.3 is 131 Å². The van der Waals surface area contributed by atoms with E-state index in [9.17, 15) is 0 Å². The van der Waals surface area contributed by atoms with Gasteiger partial charge in [-0.05, 0) is 0 Å². The summed E-state index contributed by atoms with van der Waals surface area (Å²) in [4.78, 5) is 0. The van der Waals surface area contributed by atoms with E-state index in [-0.39, 0.29) is 14.5 Å². The normalized spacial score (nSPS) is 9.14. The van der Waals surface area contributed by atoms with Gasteiger partial charge in [0.1, 0.15) is 0 Å². The first-order valence-electron chi connectivity index (χ1n) is 6.64. The average molecular weight is 331 g/mol. The third kappa shape index (κ3) is 4.01. The third-order valence-corrected chi connectivity index (χ3v) is 4.74. The molecule has 0 aliphatic carbocycles. The van der Waals surface area contributed by atoms with Gasteiger partial charge in [0, 0.05) is 0 Å². The molecule has 0 aliphatic rings. The molecular weight excluding hydrogens is 319 g/mol. The molecule has 1 heteroatoms. The molecule has 1 aromatic heterocycles. The van der Waals surface area contributed by atoms with Crippen molar-refractivity contribution in [1.82, 2.24) is 0 Å². The van der Waals surface area contributed by atoms with Gasteiger partial charge in [-0.25, -0.2) is 0 Å². The van der Waals surface area contributed by atoms with Gasteiger partial charge in [-0.15, -0.1) is 0 Å². The van der Waals surface area contributed by atoms with E-state index >= 15 is 0 Å². The van der Waals surface area contributed by atoms with Crippen LogP contribution in [0.15, 0.2) is 72.8 Å². The van der Waals surface area contributed by atoms with E-state index in [1.165, 1.54) is 8.87 Å². The van der Waals surface area contributed by atoms with Gasteiger partial charge in [-0.1, -0.05) is 0 Å². The van der Waals surface area contributed by atoms with Gasteiger partial charge in [0.25, 0.3) is 0 Å². The van der Waals surface area contributed by atoms with Crippen LogP contribution in [0.4, 0.5) is 0 Å². The second-order valence-corrected chi connectivity index (χ2v) is 6.67. The fraction of sp³-hybridized carbons (Fsp3) is 0. The molecule has 98 valence electrons. The quantitative estimate of drug-likeness (QED) is 0.437. The summed E-state index contributed by atoms with van der Waals surface area (Å²) in [5.74, 6) is 12.9. The number of hydrogen-bond acceptors (Lipinski definition) is 0. The van der Waals surface area contributed by atoms with Crippen LogP contribution in [0, 0.1) is 23.7 Å². The van der Waals surface area contributed by atoms with Crippen LogP contribution in [0.5, 0.6) is 0 Å². The summed E-state index contributed by atoms with van der Waals surface area (Å²) in [6.45, 7) is 0. The molecule has 0 unspecified atom stereocenters. The summed E-state index contributed by atoms with van der Waals surface area (Å²) in [6, 6.07) is 24.3. The molecule has 0 saturated carbocycles. The van der Waals surface area contributed by atoms with E-state index in [4.69, 9.17) is 0 Å². The van der Waals surface area contributed by atoms with Gasteiger partial charge < -0.3 is 0 Å². The molecule has 3 rings (SSSR count). The molecule has 0 radical (unpaired) electrons. The Hall–Kier alpha value is -2.44. The standard InChI is InChI=1S/C20H12Se/c1-3-7-17(8-4-1)11-13-19-15-16-20(21-19)14-12-18-9-5-2-6-10-18/h1-10,15-16H. The van der Waals surface area contributed by atoms with Crippen LogP contribution in [-0.2, 0) is 0 Å². The van der Waals surface area contributed by atoms with E-state index < -0.39 is 0 Å². The zero-order valence-corrected chi connectivity index (χ0v) is 13.0. The maximum atomic E-state index is 3.25. The van der Waals surface area contributed by atoms with Crippen molar-refractivity contribution in [3.05, 3.63) is 92.8 Å². The van der Waals surface area contributed by atoms with Gasteiger partial charge in [0.05, 0.1) is 0 Å². The molecule has 3 aromatic rings. The number of rotatable bonds is 0. The van der Waals surface area contributed by atoms with Crippen molar-refractivity contribution < 1.29 is 0 Å². The van der Waals surface area contributed by atoms with Gasteiger partial charge in [0.15, 0.2) is 0 Å². The molecule has 0 atom stereocenters. The Morgan fingerprint density at radius 3 is 1.33 bits per heavy atom. The second-order valence-electron chi connectivity index (χ2n) is 4.40. The van der Waals surface area contributed by atoms with Crippen LogP contribution in [0.3, 0.4) is 0 Å². The van der Waals surface area contributed by atoms with E-state index in [1.54, 1.807) is 0 Å². The van der Waals surface area contributed by atoms with E-state index in [2.05, 4.69) is 35.8 Å². The summed E-state index contributed by atoms with van der Waals surface area (Å²) < 4.78 is 2.37. The summed E-state index contributed by atoms with van der Waals surface area (Å²) in [7, 11) is 0. The van der Waals surface area contributed by atoms with Crippen molar-refractivity contribution in [1.29, 1.82) is 0 Å². The van der Waals surface area contributed by atoms with Crippen molar-refractivity contribution >= 4 is 14.5 Å². The van der Waals surface area contributed by atoms with Crippen molar-refractivity contribution in [3.63, 3.8) is 0 Å². The zero-order chi connectivity index (χ0) is 14.3. The van der Waals surface area contributed by atoms with Crippen molar-refractivity contribution in [3.8, 4) is 23.7 Å². The fourth-order valence-corrected chi connectivity index (χ4v) is 3.28. The van der Waals surface area contributed by atoms with Gasteiger partial charge in [-0.3, -0.25) is 0 Å². The molecule has 2 aromatic carbocycles. The Balaban J connectivity index is 1.76. The fourth-order valence-electron chi connectivity index (χ4n) is 1.78. The van der Waals surface area contributed by atoms with Crippen LogP contribution in [-0.4, -0.2) is 14.5 Å². The molecular formula is C20H12Se. The molecule has 0 fully saturated rings. The van der Waals surface area contributed by atoms with Crippen molar-refractivity contribution in [2.24, 2.45) is 0 Å². The summed E-state index contributed by atoms with van der Waals surface area (Å²) in [6.07, 6.45) is 0. The second kappa shape index (κ2) is 6.83. The Bertz CT molecular complexity index is 763. The third-order valence-electron chi connectivity index (χ3n) is 2.81. The molecule has 0 bridgehead atoms. The van der Waals surface area contributed by atoms with Gasteiger partial charge in [0.2, 0.25) is 0 Å². The summed E-state index contributed by atoms with van der Waals surface area (Å²) in [5.41, 5.74) is 2.11. The van der Waals surface area contributed by atoms with Crippen LogP contribution < -0.4 is 0 Å². The Labute approximate surface area is 131 Å². The SMILES string of the molecule is C(#Cc1ccc(C#Cc2ccccc2)[se]1)c1ccccc1. The molecule has 0 amide bonds. The minimum atomic E-state index is 0.240. The number of benzene rings is 2. The predicted molar refractivity (Wildman–Crippen MR) is 88.2 cm³/mol. The molecule has 0 saturated heterocycles. The minimum absolute atomic E-state index is 0.240. The van der Waals surface area contributed by atoms with E-state index in [0.29, 0.717) is 0 Å². The summed E-state index contributed by atoms with van der Waals surface area (Å²) >= 11 is 0.240. The molecule has 0 N–H and O–H groups in total. The molecule has 0 aliphatic heterocycles. The first kappa shape index (κ1) is 13.5. The first-order chi connectivity index (χ1) is 10.4. The Kier molecular flexibility index (Phi) is 4.40. The zero-order valence-electron chi connectivity index (χ0n) is 11.3. The topological polar surface area (TPSA) is 0 Å². The van der Waals surface area contributed by atoms with E-state index in [1.807, 2.05) is 60.7 Å². The van der Waals surface area contributed by atoms with Crippen molar-refractivity contribution in [2.45, 2.75) is 0 Å². The maximum absolute atomic E-state index is 3.25. The average Bonchev–Trinajstić information content (AvgIpc) is 3.01. The predicted octanol–water partition coefficient (Wildman–Crippen LogP) is 3.54. The molecule has 0 nitrogen and oxygen atoms in total. The first-order valence-corrected chi connectivity index (χ1v) is 8.35. The monoisotopic (exact) mass is 332 g/mol. The van der Waals surface area contributed by atoms with Gasteiger partial charge in [-0.2, -0.15) is 0 Å². The van der Waals surface area contributed by atoms with E-state index in [0.717, 1.165) is 11.1 Å². The van der Waals surface area contributed by atoms with Crippen LogP contribution in [0.1, 0.15) is 20.0 Å². The van der Waals surface area contributed by atoms with Crippen LogP contribution in [0.2, 0.25) is 0 Å².